The predicted molar refractivity (Wildman–Crippen MR) is 190 cm³/mol. The van der Waals surface area contributed by atoms with Crippen LogP contribution in [0.15, 0.2) is 96.5 Å². The fourth-order valence-electron chi connectivity index (χ4n) is 4.65. The molecule has 54 heavy (non-hydrogen) atoms. The molecule has 22 nitrogen and oxygen atoms in total. The minimum Gasteiger partial charge on any atom is -0.351 e. The van der Waals surface area contributed by atoms with Crippen molar-refractivity contribution < 1.29 is 56.7 Å². The number of aromatic nitrogens is 3. The van der Waals surface area contributed by atoms with E-state index in [1.54, 1.807) is 0 Å². The molecule has 0 bridgehead atoms. The number of carbonyl (C=O) groups is 1. The number of nitrogens with two attached hydrogens (primary N) is 1. The first kappa shape index (κ1) is 39.8. The number of carbonyl (C=O) groups excluding carboxylic acids is 1. The zero-order valence-electron chi connectivity index (χ0n) is 26.6. The quantitative estimate of drug-likeness (QED) is 0.0727. The van der Waals surface area contributed by atoms with Crippen molar-refractivity contribution in [2.45, 2.75) is 19.6 Å². The fraction of sp³-hybridized carbons (Fsp3) is 0.0370. The van der Waals surface area contributed by atoms with Crippen LogP contribution in [0.3, 0.4) is 0 Å². The van der Waals surface area contributed by atoms with Crippen LogP contribution in [-0.2, 0) is 40.5 Å². The number of nitrogens with zero attached hydrogens (tertiary/aromatic N) is 6. The van der Waals surface area contributed by atoms with Gasteiger partial charge in [0.2, 0.25) is 17.2 Å². The molecule has 0 aliphatic carbocycles. The lowest BCUT2D eigenvalue weighted by Gasteiger charge is -2.18. The van der Waals surface area contributed by atoms with Crippen molar-refractivity contribution in [1.82, 2.24) is 15.0 Å². The number of amides is 2. The SMILES string of the molecule is CN(c1cccc(S(=O)(=O)O)c1)c1nc(Cl)nc(Nc2ccc(N=Nc3cc4c(S(=O)(=O)O)cc(S(=O)(=O)O)cc4cc3S(=O)(=O)O)c(NC(N)=O)c2)n1. The third kappa shape index (κ3) is 9.18. The largest absolute Gasteiger partial charge is 0.351 e. The summed E-state index contributed by atoms with van der Waals surface area (Å²) in [6.45, 7) is 0. The van der Waals surface area contributed by atoms with Gasteiger partial charge >= 0.3 is 6.03 Å². The minimum absolute atomic E-state index is 0.0812. The van der Waals surface area contributed by atoms with E-state index in [-0.39, 0.29) is 39.9 Å². The van der Waals surface area contributed by atoms with Gasteiger partial charge < -0.3 is 21.3 Å². The molecule has 1 aromatic heterocycles. The van der Waals surface area contributed by atoms with E-state index in [4.69, 9.17) is 17.3 Å². The van der Waals surface area contributed by atoms with E-state index in [1.165, 1.54) is 48.3 Å². The molecular formula is C27H22ClN9O13S4. The average molecular weight is 844 g/mol. The number of anilines is 5. The van der Waals surface area contributed by atoms with Crippen molar-refractivity contribution >= 4 is 109 Å². The molecule has 0 saturated heterocycles. The highest BCUT2D eigenvalue weighted by Crippen LogP contribution is 2.37. The molecule has 1 heterocycles. The van der Waals surface area contributed by atoms with Crippen LogP contribution >= 0.6 is 11.6 Å². The molecular weight excluding hydrogens is 822 g/mol. The summed E-state index contributed by atoms with van der Waals surface area (Å²) < 4.78 is 134. The van der Waals surface area contributed by atoms with Crippen LogP contribution in [0.1, 0.15) is 0 Å². The lowest BCUT2D eigenvalue weighted by molar-refractivity contribution is 0.259. The number of hydrogen-bond acceptors (Lipinski definition) is 16. The van der Waals surface area contributed by atoms with E-state index in [1.807, 2.05) is 0 Å². The van der Waals surface area contributed by atoms with Crippen LogP contribution < -0.4 is 21.3 Å². The normalized spacial score (nSPS) is 12.6. The molecule has 0 radical (unpaired) electrons. The van der Waals surface area contributed by atoms with Gasteiger partial charge in [0.25, 0.3) is 40.5 Å². The molecule has 5 rings (SSSR count). The number of halogens is 1. The number of primary amides is 1. The number of hydrogen-bond donors (Lipinski definition) is 7. The summed E-state index contributed by atoms with van der Waals surface area (Å²) in [5.41, 5.74) is 4.61. The molecule has 5 aromatic rings. The lowest BCUT2D eigenvalue weighted by Crippen LogP contribution is -2.19. The van der Waals surface area contributed by atoms with Crippen LogP contribution in [0.25, 0.3) is 10.8 Å². The molecule has 4 aromatic carbocycles. The maximum Gasteiger partial charge on any atom is 0.316 e. The first-order valence-electron chi connectivity index (χ1n) is 14.1. The van der Waals surface area contributed by atoms with Crippen LogP contribution in [0.5, 0.6) is 0 Å². The molecule has 0 aliphatic rings. The second-order valence-corrected chi connectivity index (χ2v) is 16.7. The average Bonchev–Trinajstić information content (AvgIpc) is 3.04. The fourth-order valence-corrected chi connectivity index (χ4v) is 7.31. The van der Waals surface area contributed by atoms with E-state index in [2.05, 4.69) is 35.8 Å². The first-order chi connectivity index (χ1) is 24.9. The summed E-state index contributed by atoms with van der Waals surface area (Å²) in [4.78, 5) is 21.9. The van der Waals surface area contributed by atoms with Crippen molar-refractivity contribution in [1.29, 1.82) is 0 Å². The summed E-state index contributed by atoms with van der Waals surface area (Å²) >= 11 is 6.11. The topological polar surface area (TPSA) is 351 Å². The summed E-state index contributed by atoms with van der Waals surface area (Å²) in [5, 5.41) is 11.5. The highest BCUT2D eigenvalue weighted by atomic mass is 35.5. The Labute approximate surface area is 309 Å². The van der Waals surface area contributed by atoms with E-state index >= 15 is 0 Å². The minimum atomic E-state index is -5.21. The Bertz CT molecular complexity index is 2860. The van der Waals surface area contributed by atoms with E-state index < -0.39 is 82.5 Å². The zero-order chi connectivity index (χ0) is 40.0. The third-order valence-electron chi connectivity index (χ3n) is 7.00. The van der Waals surface area contributed by atoms with Crippen LogP contribution in [0.2, 0.25) is 5.28 Å². The molecule has 0 saturated carbocycles. The smallest absolute Gasteiger partial charge is 0.316 e. The third-order valence-corrected chi connectivity index (χ3v) is 10.6. The number of azo groups is 1. The van der Waals surface area contributed by atoms with Crippen LogP contribution in [0.4, 0.5) is 45.1 Å². The monoisotopic (exact) mass is 843 g/mol. The molecule has 2 amide bonds. The van der Waals surface area contributed by atoms with Gasteiger partial charge in [0.05, 0.1) is 15.5 Å². The second kappa shape index (κ2) is 14.4. The maximum atomic E-state index is 12.3. The molecule has 0 unspecified atom stereocenters. The van der Waals surface area contributed by atoms with Gasteiger partial charge in [-0.25, -0.2) is 4.79 Å². The molecule has 0 fully saturated rings. The van der Waals surface area contributed by atoms with Crippen molar-refractivity contribution in [3.05, 3.63) is 72.0 Å². The zero-order valence-corrected chi connectivity index (χ0v) is 30.6. The van der Waals surface area contributed by atoms with Crippen molar-refractivity contribution in [3.8, 4) is 0 Å². The predicted octanol–water partition coefficient (Wildman–Crippen LogP) is 4.08. The highest BCUT2D eigenvalue weighted by molar-refractivity contribution is 7.87. The van der Waals surface area contributed by atoms with Gasteiger partial charge in [0.1, 0.15) is 21.2 Å². The molecule has 27 heteroatoms. The van der Waals surface area contributed by atoms with Gasteiger partial charge in [0, 0.05) is 23.8 Å². The van der Waals surface area contributed by atoms with Crippen molar-refractivity contribution in [3.63, 3.8) is 0 Å². The van der Waals surface area contributed by atoms with Gasteiger partial charge in [-0.1, -0.05) is 6.07 Å². The Morgan fingerprint density at radius 2 is 1.39 bits per heavy atom. The maximum absolute atomic E-state index is 12.3. The molecule has 284 valence electrons. The van der Waals surface area contributed by atoms with Gasteiger partial charge in [-0.05, 0) is 77.7 Å². The second-order valence-electron chi connectivity index (χ2n) is 10.7. The molecule has 0 aliphatic heterocycles. The summed E-state index contributed by atoms with van der Waals surface area (Å²) in [7, 11) is -18.5. The van der Waals surface area contributed by atoms with E-state index in [0.717, 1.165) is 12.1 Å². The van der Waals surface area contributed by atoms with Gasteiger partial charge in [0.15, 0.2) is 0 Å². The first-order valence-corrected chi connectivity index (χ1v) is 20.2. The number of urea groups is 1. The molecule has 0 spiro atoms. The van der Waals surface area contributed by atoms with E-state index in [0.29, 0.717) is 18.2 Å². The summed E-state index contributed by atoms with van der Waals surface area (Å²) in [6, 6.07) is 10.3. The van der Waals surface area contributed by atoms with Gasteiger partial charge in [-0.2, -0.15) is 48.6 Å². The lowest BCUT2D eigenvalue weighted by atomic mass is 10.1. The Balaban J connectivity index is 1.55. The number of fused-ring (bicyclic) bond motifs is 1. The number of rotatable bonds is 11. The highest BCUT2D eigenvalue weighted by Gasteiger charge is 2.25. The molecule has 0 atom stereocenters. The number of benzene rings is 4. The molecule has 8 N–H and O–H groups in total. The Kier molecular flexibility index (Phi) is 10.6. The van der Waals surface area contributed by atoms with Crippen molar-refractivity contribution in [2.24, 2.45) is 16.0 Å². The Morgan fingerprint density at radius 3 is 2.00 bits per heavy atom. The van der Waals surface area contributed by atoms with Crippen molar-refractivity contribution in [2.75, 3.05) is 22.6 Å². The van der Waals surface area contributed by atoms with Gasteiger partial charge in [-0.15, -0.1) is 10.2 Å². The van der Waals surface area contributed by atoms with Crippen LogP contribution in [0, 0.1) is 0 Å². The standard InChI is InChI=1S/C27H22ClN9O13S4/c1-37(15-3-2-4-16(10-15)51(39,40)41)27-33-24(28)32-26(34-27)30-14-5-6-19(20(9-14)31-25(29)38)35-36-21-12-18-13(8-23(21)54(48,49)50)7-17(52(42,43)44)11-22(18)53(45,46)47/h2-12H,1H3,(H3,29,31,38)(H,39,40,41)(H,42,43,44)(H,45,46,47)(H,48,49,50)(H,30,32,33,34). The summed E-state index contributed by atoms with van der Waals surface area (Å²) in [5.74, 6) is -0.245. The Hall–Kier alpha value is -5.45. The van der Waals surface area contributed by atoms with E-state index in [9.17, 15) is 56.7 Å². The number of nitrogens with one attached hydrogen (secondary N) is 2. The Morgan fingerprint density at radius 1 is 0.741 bits per heavy atom. The van der Waals surface area contributed by atoms with Gasteiger partial charge in [-0.3, -0.25) is 18.2 Å². The van der Waals surface area contributed by atoms with Crippen LogP contribution in [-0.4, -0.2) is 79.9 Å². The summed E-state index contributed by atoms with van der Waals surface area (Å²) in [6.07, 6.45) is 0.